The molecule has 0 spiro atoms. The molecule has 1 fully saturated rings. The lowest BCUT2D eigenvalue weighted by Crippen LogP contribution is -2.40. The minimum Gasteiger partial charge on any atom is -0.357 e. The molecule has 1 aromatic heterocycles. The number of hydrogen-bond acceptors (Lipinski definition) is 2. The molecule has 1 aliphatic heterocycles. The van der Waals surface area contributed by atoms with Gasteiger partial charge >= 0.3 is 0 Å². The van der Waals surface area contributed by atoms with Gasteiger partial charge in [-0.1, -0.05) is 12.1 Å². The Labute approximate surface area is 184 Å². The second-order valence-electron chi connectivity index (χ2n) is 7.30. The minimum absolute atomic E-state index is 0. The zero-order valence-corrected chi connectivity index (χ0v) is 19.1. The van der Waals surface area contributed by atoms with Gasteiger partial charge in [0.15, 0.2) is 5.96 Å². The molecule has 0 radical (unpaired) electrons. The summed E-state index contributed by atoms with van der Waals surface area (Å²) in [5.41, 5.74) is 2.34. The number of rotatable bonds is 7. The maximum absolute atomic E-state index is 13.3. The summed E-state index contributed by atoms with van der Waals surface area (Å²) < 4.78 is 15.1. The zero-order chi connectivity index (χ0) is 19.1. The third-order valence-electron chi connectivity index (χ3n) is 4.98. The molecule has 0 aliphatic carbocycles. The maximum atomic E-state index is 13.3. The van der Waals surface area contributed by atoms with Crippen LogP contribution in [0.4, 0.5) is 4.39 Å². The molecule has 2 heterocycles. The zero-order valence-electron chi connectivity index (χ0n) is 16.8. The summed E-state index contributed by atoms with van der Waals surface area (Å²) >= 11 is 0. The van der Waals surface area contributed by atoms with Crippen LogP contribution < -0.4 is 5.32 Å². The average molecular weight is 499 g/mol. The third-order valence-corrected chi connectivity index (χ3v) is 4.98. The van der Waals surface area contributed by atoms with Crippen LogP contribution in [0.3, 0.4) is 0 Å². The van der Waals surface area contributed by atoms with Crippen molar-refractivity contribution in [1.82, 2.24) is 20.0 Å². The molecule has 1 aromatic carbocycles. The van der Waals surface area contributed by atoms with Crippen LogP contribution in [-0.2, 0) is 19.9 Å². The van der Waals surface area contributed by atoms with Gasteiger partial charge in [0.25, 0.3) is 0 Å². The Kier molecular flexibility index (Phi) is 9.21. The number of hydrogen-bond donors (Lipinski definition) is 1. The highest BCUT2D eigenvalue weighted by Crippen LogP contribution is 2.20. The Hall–Kier alpha value is -1.64. The van der Waals surface area contributed by atoms with Crippen molar-refractivity contribution in [2.45, 2.75) is 32.6 Å². The fourth-order valence-corrected chi connectivity index (χ4v) is 3.69. The fraction of sp³-hybridized carbons (Fsp3) is 0.524. The van der Waals surface area contributed by atoms with E-state index in [-0.39, 0.29) is 29.8 Å². The van der Waals surface area contributed by atoms with E-state index in [9.17, 15) is 4.39 Å². The van der Waals surface area contributed by atoms with Crippen LogP contribution in [0.1, 0.15) is 30.9 Å². The summed E-state index contributed by atoms with van der Waals surface area (Å²) in [6.07, 6.45) is 8.10. The van der Waals surface area contributed by atoms with Crippen molar-refractivity contribution < 1.29 is 4.39 Å². The van der Waals surface area contributed by atoms with E-state index in [2.05, 4.69) is 28.4 Å². The molecule has 28 heavy (non-hydrogen) atoms. The Bertz CT molecular complexity index is 761. The fourth-order valence-electron chi connectivity index (χ4n) is 3.69. The molecule has 1 N–H and O–H groups in total. The third kappa shape index (κ3) is 6.76. The number of aromatic nitrogens is 2. The van der Waals surface area contributed by atoms with Crippen molar-refractivity contribution in [3.8, 4) is 0 Å². The van der Waals surface area contributed by atoms with Gasteiger partial charge < -0.3 is 10.2 Å². The quantitative estimate of drug-likeness (QED) is 0.274. The minimum atomic E-state index is -0.166. The smallest absolute Gasteiger partial charge is 0.193 e. The van der Waals surface area contributed by atoms with Gasteiger partial charge in [0, 0.05) is 39.4 Å². The highest BCUT2D eigenvalue weighted by molar-refractivity contribution is 14.0. The summed E-state index contributed by atoms with van der Waals surface area (Å²) in [7, 11) is 1.96. The molecule has 154 valence electrons. The van der Waals surface area contributed by atoms with Crippen molar-refractivity contribution in [2.75, 3.05) is 26.2 Å². The topological polar surface area (TPSA) is 45.5 Å². The van der Waals surface area contributed by atoms with E-state index in [1.54, 1.807) is 12.1 Å². The molecule has 1 atom stereocenters. The molecule has 0 saturated carbocycles. The molecular formula is C21H31FIN5. The monoisotopic (exact) mass is 499 g/mol. The number of nitrogens with one attached hydrogen (secondary N) is 1. The van der Waals surface area contributed by atoms with Crippen molar-refractivity contribution in [1.29, 1.82) is 0 Å². The van der Waals surface area contributed by atoms with Gasteiger partial charge in [-0.05, 0) is 61.8 Å². The summed E-state index contributed by atoms with van der Waals surface area (Å²) in [5.74, 6) is 1.48. The Morgan fingerprint density at radius 2 is 2.21 bits per heavy atom. The summed E-state index contributed by atoms with van der Waals surface area (Å²) in [4.78, 5) is 7.17. The molecule has 0 amide bonds. The molecule has 7 heteroatoms. The van der Waals surface area contributed by atoms with E-state index in [0.29, 0.717) is 5.92 Å². The number of likely N-dealkylation sites (tertiary alicyclic amines) is 1. The van der Waals surface area contributed by atoms with Crippen molar-refractivity contribution in [3.05, 3.63) is 53.6 Å². The van der Waals surface area contributed by atoms with E-state index in [0.717, 1.165) is 57.0 Å². The first-order valence-electron chi connectivity index (χ1n) is 9.89. The van der Waals surface area contributed by atoms with Crippen LogP contribution >= 0.6 is 24.0 Å². The standard InChI is InChI=1S/C21H30FN5.HI/c1-3-23-21(24-10-5-7-17-6-4-8-20(22)13-17)27-11-9-18(16-27)12-19-14-25-26(2)15-19;/h4,6,8,13-15,18H,3,5,7,9-12,16H2,1-2H3,(H,23,24);1H. The molecular weight excluding hydrogens is 468 g/mol. The highest BCUT2D eigenvalue weighted by atomic mass is 127. The van der Waals surface area contributed by atoms with E-state index in [1.807, 2.05) is 24.0 Å². The second-order valence-corrected chi connectivity index (χ2v) is 7.30. The van der Waals surface area contributed by atoms with Crippen LogP contribution in [0.5, 0.6) is 0 Å². The molecule has 0 bridgehead atoms. The van der Waals surface area contributed by atoms with Gasteiger partial charge in [0.1, 0.15) is 5.82 Å². The maximum Gasteiger partial charge on any atom is 0.193 e. The number of nitrogens with zero attached hydrogens (tertiary/aromatic N) is 4. The second kappa shape index (κ2) is 11.4. The Morgan fingerprint density at radius 3 is 2.93 bits per heavy atom. The van der Waals surface area contributed by atoms with E-state index >= 15 is 0 Å². The predicted octanol–water partition coefficient (Wildman–Crippen LogP) is 3.64. The van der Waals surface area contributed by atoms with Crippen molar-refractivity contribution >= 4 is 29.9 Å². The average Bonchev–Trinajstić information content (AvgIpc) is 3.27. The molecule has 1 saturated heterocycles. The Morgan fingerprint density at radius 1 is 1.36 bits per heavy atom. The lowest BCUT2D eigenvalue weighted by molar-refractivity contribution is 0.459. The largest absolute Gasteiger partial charge is 0.357 e. The number of aryl methyl sites for hydroxylation is 2. The Balaban J connectivity index is 0.00000280. The first kappa shape index (κ1) is 22.6. The van der Waals surface area contributed by atoms with Crippen LogP contribution in [0, 0.1) is 11.7 Å². The van der Waals surface area contributed by atoms with Gasteiger partial charge in [-0.2, -0.15) is 5.10 Å². The number of aliphatic imine (C=N–C) groups is 1. The number of halogens is 2. The van der Waals surface area contributed by atoms with Gasteiger partial charge in [0.05, 0.1) is 6.20 Å². The SMILES string of the molecule is CCNC(=NCCCc1cccc(F)c1)N1CCC(Cc2cnn(C)c2)C1.I. The summed E-state index contributed by atoms with van der Waals surface area (Å²) in [6, 6.07) is 6.84. The summed E-state index contributed by atoms with van der Waals surface area (Å²) in [5, 5.41) is 7.69. The van der Waals surface area contributed by atoms with Crippen molar-refractivity contribution in [2.24, 2.45) is 18.0 Å². The number of guanidine groups is 1. The first-order valence-corrected chi connectivity index (χ1v) is 9.89. The predicted molar refractivity (Wildman–Crippen MR) is 123 cm³/mol. The van der Waals surface area contributed by atoms with E-state index in [4.69, 9.17) is 4.99 Å². The van der Waals surface area contributed by atoms with Gasteiger partial charge in [-0.3, -0.25) is 9.67 Å². The van der Waals surface area contributed by atoms with E-state index in [1.165, 1.54) is 18.1 Å². The van der Waals surface area contributed by atoms with Crippen molar-refractivity contribution in [3.63, 3.8) is 0 Å². The normalized spacial score (nSPS) is 16.9. The van der Waals surface area contributed by atoms with Crippen LogP contribution in [0.2, 0.25) is 0 Å². The molecule has 3 rings (SSSR count). The molecule has 1 unspecified atom stereocenters. The first-order chi connectivity index (χ1) is 13.1. The lowest BCUT2D eigenvalue weighted by atomic mass is 10.0. The molecule has 2 aromatic rings. The molecule has 1 aliphatic rings. The van der Waals surface area contributed by atoms with Crippen LogP contribution in [0.25, 0.3) is 0 Å². The number of benzene rings is 1. The van der Waals surface area contributed by atoms with Crippen LogP contribution in [-0.4, -0.2) is 46.8 Å². The summed E-state index contributed by atoms with van der Waals surface area (Å²) in [6.45, 7) is 5.80. The molecule has 5 nitrogen and oxygen atoms in total. The van der Waals surface area contributed by atoms with Crippen LogP contribution in [0.15, 0.2) is 41.7 Å². The van der Waals surface area contributed by atoms with Gasteiger partial charge in [-0.25, -0.2) is 4.39 Å². The van der Waals surface area contributed by atoms with E-state index < -0.39 is 0 Å². The van der Waals surface area contributed by atoms with Gasteiger partial charge in [0.2, 0.25) is 0 Å². The van der Waals surface area contributed by atoms with Gasteiger partial charge in [-0.15, -0.1) is 24.0 Å². The lowest BCUT2D eigenvalue weighted by Gasteiger charge is -2.21. The highest BCUT2D eigenvalue weighted by Gasteiger charge is 2.25.